The van der Waals surface area contributed by atoms with Crippen LogP contribution in [0.5, 0.6) is 0 Å². The lowest BCUT2D eigenvalue weighted by Gasteiger charge is -2.38. The lowest BCUT2D eigenvalue weighted by Crippen LogP contribution is -2.38. The maximum atomic E-state index is 8.84. The van der Waals surface area contributed by atoms with E-state index in [9.17, 15) is 0 Å². The van der Waals surface area contributed by atoms with Gasteiger partial charge in [0.2, 0.25) is 0 Å². The molecule has 1 fully saturated rings. The van der Waals surface area contributed by atoms with Crippen LogP contribution in [-0.2, 0) is 6.54 Å². The van der Waals surface area contributed by atoms with Gasteiger partial charge in [-0.05, 0) is 49.0 Å². The number of benzene rings is 1. The summed E-state index contributed by atoms with van der Waals surface area (Å²) in [5, 5.41) is 21.0. The van der Waals surface area contributed by atoms with Crippen LogP contribution in [0.25, 0.3) is 0 Å². The van der Waals surface area contributed by atoms with Crippen LogP contribution in [-0.4, -0.2) is 30.4 Å². The third-order valence-corrected chi connectivity index (χ3v) is 4.04. The minimum Gasteiger partial charge on any atom is -0.399 e. The predicted octanol–water partition coefficient (Wildman–Crippen LogP) is 4.10. The molecule has 1 aliphatic rings. The zero-order valence-corrected chi connectivity index (χ0v) is 15.2. The number of piperidine rings is 1. The van der Waals surface area contributed by atoms with Crippen LogP contribution in [0.3, 0.4) is 0 Å². The molecule has 0 unspecified atom stereocenters. The number of hydrogen-bond acceptors (Lipinski definition) is 5. The first-order valence-electron chi connectivity index (χ1n) is 8.46. The van der Waals surface area contributed by atoms with E-state index in [1.807, 2.05) is 26.0 Å². The largest absolute Gasteiger partial charge is 0.399 e. The van der Waals surface area contributed by atoms with Gasteiger partial charge in [-0.25, -0.2) is 0 Å². The fraction of sp³-hybridized carbons (Fsp3) is 0.526. The van der Waals surface area contributed by atoms with Crippen LogP contribution in [0.4, 0.5) is 5.69 Å². The summed E-state index contributed by atoms with van der Waals surface area (Å²) < 4.78 is 0. The Morgan fingerprint density at radius 2 is 1.67 bits per heavy atom. The van der Waals surface area contributed by atoms with Crippen molar-refractivity contribution in [2.75, 3.05) is 18.8 Å². The summed E-state index contributed by atoms with van der Waals surface area (Å²) in [5.74, 6) is 0. The number of nitriles is 1. The van der Waals surface area contributed by atoms with E-state index in [0.717, 1.165) is 50.6 Å². The van der Waals surface area contributed by atoms with E-state index in [2.05, 4.69) is 30.0 Å². The van der Waals surface area contributed by atoms with Crippen LogP contribution in [0.1, 0.15) is 45.6 Å². The van der Waals surface area contributed by atoms with E-state index in [1.54, 1.807) is 0 Å². The zero-order valence-electron chi connectivity index (χ0n) is 15.2. The van der Waals surface area contributed by atoms with Gasteiger partial charge in [-0.2, -0.15) is 5.26 Å². The van der Waals surface area contributed by atoms with Crippen LogP contribution in [0.2, 0.25) is 0 Å². The highest BCUT2D eigenvalue weighted by Crippen LogP contribution is 2.34. The lowest BCUT2D eigenvalue weighted by atomic mass is 9.78. The number of anilines is 1. The molecule has 1 aliphatic heterocycles. The second-order valence-electron chi connectivity index (χ2n) is 6.00. The highest BCUT2D eigenvalue weighted by Gasteiger charge is 2.29. The molecule has 0 aliphatic carbocycles. The zero-order chi connectivity index (χ0) is 18.4. The second kappa shape index (κ2) is 12.3. The first-order valence-corrected chi connectivity index (χ1v) is 8.46. The van der Waals surface area contributed by atoms with Crippen LogP contribution >= 0.6 is 0 Å². The Morgan fingerprint density at radius 1 is 1.17 bits per heavy atom. The van der Waals surface area contributed by atoms with Crippen molar-refractivity contribution in [1.82, 2.24) is 4.90 Å². The smallest absolute Gasteiger partial charge is 0.0627 e. The highest BCUT2D eigenvalue weighted by atomic mass is 15.1. The van der Waals surface area contributed by atoms with Gasteiger partial charge in [0.25, 0.3) is 0 Å². The van der Waals surface area contributed by atoms with Crippen molar-refractivity contribution < 1.29 is 0 Å². The standard InChI is InChI=1S/C15H21N3.C2H4N2.C2H6/c1-15(6-9-16)7-10-18(11-8-15)12-13-2-4-14(17)5-3-13;3-1-2-4;1-2/h2-5H,6-8,10-12,17H2,1H3;1-4H;1-2H3. The molecule has 0 bridgehead atoms. The normalized spacial score (nSPS) is 15.6. The molecule has 0 saturated carbocycles. The van der Waals surface area contributed by atoms with Gasteiger partial charge in [0.15, 0.2) is 0 Å². The lowest BCUT2D eigenvalue weighted by molar-refractivity contribution is 0.116. The molecule has 0 amide bonds. The van der Waals surface area contributed by atoms with Gasteiger partial charge in [-0.1, -0.05) is 32.9 Å². The highest BCUT2D eigenvalue weighted by molar-refractivity contribution is 6.12. The van der Waals surface area contributed by atoms with Crippen molar-refractivity contribution in [3.8, 4) is 6.07 Å². The van der Waals surface area contributed by atoms with Gasteiger partial charge >= 0.3 is 0 Å². The Labute approximate surface area is 146 Å². The summed E-state index contributed by atoms with van der Waals surface area (Å²) >= 11 is 0. The molecule has 4 N–H and O–H groups in total. The van der Waals surface area contributed by atoms with E-state index < -0.39 is 0 Å². The second-order valence-corrected chi connectivity index (χ2v) is 6.00. The minimum atomic E-state index is 0.229. The van der Waals surface area contributed by atoms with Gasteiger partial charge in [0, 0.05) is 31.1 Å². The van der Waals surface area contributed by atoms with E-state index >= 15 is 0 Å². The third kappa shape index (κ3) is 8.44. The summed E-state index contributed by atoms with van der Waals surface area (Å²) in [7, 11) is 0. The van der Waals surface area contributed by atoms with E-state index in [1.165, 1.54) is 5.56 Å². The monoisotopic (exact) mass is 329 g/mol. The van der Waals surface area contributed by atoms with Crippen LogP contribution in [0, 0.1) is 27.6 Å². The molecule has 2 rings (SSSR count). The number of nitrogens with one attached hydrogen (secondary N) is 2. The number of nitrogens with zero attached hydrogens (tertiary/aromatic N) is 2. The van der Waals surface area contributed by atoms with Crippen molar-refractivity contribution in [3.63, 3.8) is 0 Å². The molecule has 5 heteroatoms. The predicted molar refractivity (Wildman–Crippen MR) is 103 cm³/mol. The van der Waals surface area contributed by atoms with Crippen molar-refractivity contribution in [2.24, 2.45) is 5.41 Å². The van der Waals surface area contributed by atoms with E-state index in [0.29, 0.717) is 6.42 Å². The van der Waals surface area contributed by atoms with Crippen LogP contribution < -0.4 is 5.73 Å². The van der Waals surface area contributed by atoms with Gasteiger partial charge < -0.3 is 16.6 Å². The van der Waals surface area contributed by atoms with Crippen molar-refractivity contribution in [3.05, 3.63) is 29.8 Å². The van der Waals surface area contributed by atoms with Gasteiger partial charge in [0.1, 0.15) is 0 Å². The van der Waals surface area contributed by atoms with E-state index in [4.69, 9.17) is 21.8 Å². The minimum absolute atomic E-state index is 0.229. The first kappa shape index (κ1) is 21.8. The molecular weight excluding hydrogens is 298 g/mol. The fourth-order valence-electron chi connectivity index (χ4n) is 2.50. The molecule has 132 valence electrons. The summed E-state index contributed by atoms with van der Waals surface area (Å²) in [6, 6.07) is 10.4. The van der Waals surface area contributed by atoms with E-state index in [-0.39, 0.29) is 5.41 Å². The molecular formula is C19H31N5. The Hall–Kier alpha value is -2.19. The maximum Gasteiger partial charge on any atom is 0.0627 e. The molecule has 1 aromatic rings. The first-order chi connectivity index (χ1) is 11.5. The average Bonchev–Trinajstić information content (AvgIpc) is 2.61. The van der Waals surface area contributed by atoms with Gasteiger partial charge in [-0.3, -0.25) is 4.90 Å². The Balaban J connectivity index is 0.000000773. The summed E-state index contributed by atoms with van der Waals surface area (Å²) in [6.45, 7) is 9.39. The van der Waals surface area contributed by atoms with Gasteiger partial charge in [-0.15, -0.1) is 0 Å². The topological polar surface area (TPSA) is 101 Å². The number of hydrogen-bond donors (Lipinski definition) is 3. The third-order valence-electron chi connectivity index (χ3n) is 4.04. The molecule has 5 nitrogen and oxygen atoms in total. The fourth-order valence-corrected chi connectivity index (χ4v) is 2.50. The molecule has 0 radical (unpaired) electrons. The summed E-state index contributed by atoms with van der Waals surface area (Å²) in [6.07, 6.45) is 4.76. The molecule has 1 heterocycles. The molecule has 24 heavy (non-hydrogen) atoms. The SMILES string of the molecule is CC.CC1(CC#N)CCN(Cc2ccc(N)cc2)CC1.N=CC=N. The Kier molecular flexibility index (Phi) is 11.1. The van der Waals surface area contributed by atoms with Crippen LogP contribution in [0.15, 0.2) is 24.3 Å². The molecule has 1 saturated heterocycles. The molecule has 1 aromatic carbocycles. The van der Waals surface area contributed by atoms with Crippen molar-refractivity contribution in [2.45, 2.75) is 46.6 Å². The Bertz CT molecular complexity index is 502. The maximum absolute atomic E-state index is 8.84. The number of rotatable bonds is 4. The summed E-state index contributed by atoms with van der Waals surface area (Å²) in [5.41, 5.74) is 8.04. The van der Waals surface area contributed by atoms with Crippen molar-refractivity contribution in [1.29, 1.82) is 16.1 Å². The molecule has 0 aromatic heterocycles. The number of nitrogens with two attached hydrogens (primary N) is 1. The quantitative estimate of drug-likeness (QED) is 0.572. The molecule has 0 atom stereocenters. The number of likely N-dealkylation sites (tertiary alicyclic amines) is 1. The van der Waals surface area contributed by atoms with Gasteiger partial charge in [0.05, 0.1) is 6.07 Å². The summed E-state index contributed by atoms with van der Waals surface area (Å²) in [4.78, 5) is 2.46. The molecule has 0 spiro atoms. The van der Waals surface area contributed by atoms with Crippen molar-refractivity contribution >= 4 is 18.1 Å². The number of nitrogen functional groups attached to an aromatic ring is 1. The Morgan fingerprint density at radius 3 is 2.08 bits per heavy atom. The average molecular weight is 329 g/mol.